The van der Waals surface area contributed by atoms with Gasteiger partial charge in [-0.15, -0.1) is 0 Å². The molecule has 0 spiro atoms. The summed E-state index contributed by atoms with van der Waals surface area (Å²) in [6, 6.07) is 9.22. The molecule has 1 amide bonds. The quantitative estimate of drug-likeness (QED) is 0.593. The molecule has 6 nitrogen and oxygen atoms in total. The second kappa shape index (κ2) is 6.85. The van der Waals surface area contributed by atoms with Crippen LogP contribution in [0, 0.1) is 0 Å². The SMILES string of the molecule is CS(=O)(=O)N1CCN(C(=O)C(=O)/C=C/c2ccccc2)CC1. The Bertz CT molecular complexity index is 675. The van der Waals surface area contributed by atoms with E-state index in [-0.39, 0.29) is 26.2 Å². The Morgan fingerprint density at radius 3 is 2.18 bits per heavy atom. The zero-order valence-corrected chi connectivity index (χ0v) is 13.1. The Morgan fingerprint density at radius 1 is 1.05 bits per heavy atom. The first-order valence-corrected chi connectivity index (χ1v) is 8.74. The van der Waals surface area contributed by atoms with Crippen LogP contribution in [0.5, 0.6) is 0 Å². The summed E-state index contributed by atoms with van der Waals surface area (Å²) in [5.74, 6) is -1.20. The molecule has 0 bridgehead atoms. The highest BCUT2D eigenvalue weighted by molar-refractivity contribution is 7.88. The molecule has 1 aromatic carbocycles. The van der Waals surface area contributed by atoms with E-state index in [1.807, 2.05) is 30.3 Å². The van der Waals surface area contributed by atoms with Crippen molar-refractivity contribution in [3.05, 3.63) is 42.0 Å². The summed E-state index contributed by atoms with van der Waals surface area (Å²) in [7, 11) is -3.25. The van der Waals surface area contributed by atoms with Crippen LogP contribution in [0.4, 0.5) is 0 Å². The summed E-state index contributed by atoms with van der Waals surface area (Å²) in [4.78, 5) is 25.3. The average Bonchev–Trinajstić information content (AvgIpc) is 2.52. The average molecular weight is 322 g/mol. The molecule has 0 aliphatic carbocycles. The Balaban J connectivity index is 1.92. The molecule has 22 heavy (non-hydrogen) atoms. The van der Waals surface area contributed by atoms with Gasteiger partial charge in [-0.25, -0.2) is 8.42 Å². The molecule has 0 atom stereocenters. The fraction of sp³-hybridized carbons (Fsp3) is 0.333. The lowest BCUT2D eigenvalue weighted by atomic mass is 10.2. The maximum atomic E-state index is 12.0. The molecule has 1 fully saturated rings. The maximum Gasteiger partial charge on any atom is 0.294 e. The smallest absolute Gasteiger partial charge is 0.294 e. The molecule has 0 aromatic heterocycles. The third kappa shape index (κ3) is 4.25. The molecule has 2 rings (SSSR count). The molecule has 1 aromatic rings. The second-order valence-corrected chi connectivity index (χ2v) is 7.04. The molecule has 7 heteroatoms. The topological polar surface area (TPSA) is 74.8 Å². The lowest BCUT2D eigenvalue weighted by Crippen LogP contribution is -2.51. The highest BCUT2D eigenvalue weighted by atomic mass is 32.2. The van der Waals surface area contributed by atoms with Crippen LogP contribution in [0.25, 0.3) is 6.08 Å². The summed E-state index contributed by atoms with van der Waals surface area (Å²) in [6.07, 6.45) is 3.98. The van der Waals surface area contributed by atoms with Gasteiger partial charge in [0.05, 0.1) is 6.26 Å². The molecule has 1 aliphatic heterocycles. The molecule has 1 heterocycles. The number of sulfonamides is 1. The minimum absolute atomic E-state index is 0.222. The summed E-state index contributed by atoms with van der Waals surface area (Å²) in [6.45, 7) is 0.911. The van der Waals surface area contributed by atoms with Crippen molar-refractivity contribution in [2.45, 2.75) is 0 Å². The van der Waals surface area contributed by atoms with E-state index in [0.29, 0.717) is 0 Å². The number of rotatable bonds is 4. The van der Waals surface area contributed by atoms with E-state index in [4.69, 9.17) is 0 Å². The molecule has 0 radical (unpaired) electrons. The number of carbonyl (C=O) groups is 2. The molecule has 0 saturated carbocycles. The Hall–Kier alpha value is -1.99. The van der Waals surface area contributed by atoms with E-state index in [1.165, 1.54) is 15.3 Å². The summed E-state index contributed by atoms with van der Waals surface area (Å²) in [5.41, 5.74) is 0.838. The molecule has 0 unspecified atom stereocenters. The van der Waals surface area contributed by atoms with Crippen molar-refractivity contribution >= 4 is 27.8 Å². The van der Waals surface area contributed by atoms with Crippen molar-refractivity contribution in [1.29, 1.82) is 0 Å². The number of hydrogen-bond acceptors (Lipinski definition) is 4. The first-order valence-electron chi connectivity index (χ1n) is 6.89. The van der Waals surface area contributed by atoms with Crippen LogP contribution in [-0.2, 0) is 19.6 Å². The van der Waals surface area contributed by atoms with Gasteiger partial charge in [-0.2, -0.15) is 4.31 Å². The van der Waals surface area contributed by atoms with Gasteiger partial charge in [-0.1, -0.05) is 36.4 Å². The van der Waals surface area contributed by atoms with E-state index < -0.39 is 21.7 Å². The fourth-order valence-electron chi connectivity index (χ4n) is 2.19. The standard InChI is InChI=1S/C15H18N2O4S/c1-22(20,21)17-11-9-16(10-12-17)15(19)14(18)8-7-13-5-3-2-4-6-13/h2-8H,9-12H2,1H3/b8-7+. The van der Waals surface area contributed by atoms with E-state index in [9.17, 15) is 18.0 Å². The first kappa shape index (κ1) is 16.4. The molecule has 1 saturated heterocycles. The van der Waals surface area contributed by atoms with Crippen LogP contribution in [0.15, 0.2) is 36.4 Å². The summed E-state index contributed by atoms with van der Waals surface area (Å²) >= 11 is 0. The predicted molar refractivity (Wildman–Crippen MR) is 83.5 cm³/mol. The van der Waals surface area contributed by atoms with Crippen molar-refractivity contribution in [2.75, 3.05) is 32.4 Å². The third-order valence-corrected chi connectivity index (χ3v) is 4.74. The van der Waals surface area contributed by atoms with Gasteiger partial charge in [0.1, 0.15) is 0 Å². The van der Waals surface area contributed by atoms with E-state index >= 15 is 0 Å². The van der Waals surface area contributed by atoms with Gasteiger partial charge in [-0.3, -0.25) is 9.59 Å². The van der Waals surface area contributed by atoms with Gasteiger partial charge < -0.3 is 4.90 Å². The molecular formula is C15H18N2O4S. The van der Waals surface area contributed by atoms with Gasteiger partial charge >= 0.3 is 0 Å². The van der Waals surface area contributed by atoms with Gasteiger partial charge in [0.15, 0.2) is 0 Å². The van der Waals surface area contributed by atoms with Crippen molar-refractivity contribution in [2.24, 2.45) is 0 Å². The number of carbonyl (C=O) groups excluding carboxylic acids is 2. The van der Waals surface area contributed by atoms with Gasteiger partial charge in [-0.05, 0) is 11.6 Å². The molecular weight excluding hydrogens is 304 g/mol. The number of amides is 1. The third-order valence-electron chi connectivity index (χ3n) is 3.43. The zero-order valence-electron chi connectivity index (χ0n) is 12.3. The van der Waals surface area contributed by atoms with Gasteiger partial charge in [0.2, 0.25) is 15.8 Å². The molecule has 1 aliphatic rings. The normalized spacial score (nSPS) is 16.9. The number of hydrogen-bond donors (Lipinski definition) is 0. The van der Waals surface area contributed by atoms with Gasteiger partial charge in [0.25, 0.3) is 5.91 Å². The summed E-state index contributed by atoms with van der Waals surface area (Å²) in [5, 5.41) is 0. The van der Waals surface area contributed by atoms with E-state index in [0.717, 1.165) is 11.8 Å². The number of nitrogens with zero attached hydrogens (tertiary/aromatic N) is 2. The van der Waals surface area contributed by atoms with Crippen LogP contribution in [-0.4, -0.2) is 61.7 Å². The van der Waals surface area contributed by atoms with Crippen molar-refractivity contribution in [3.8, 4) is 0 Å². The Morgan fingerprint density at radius 2 is 1.64 bits per heavy atom. The van der Waals surface area contributed by atoms with E-state index in [2.05, 4.69) is 0 Å². The monoisotopic (exact) mass is 322 g/mol. The second-order valence-electron chi connectivity index (χ2n) is 5.06. The number of ketones is 1. The Labute approximate surface area is 130 Å². The highest BCUT2D eigenvalue weighted by Gasteiger charge is 2.28. The van der Waals surface area contributed by atoms with Crippen LogP contribution in [0.1, 0.15) is 5.56 Å². The highest BCUT2D eigenvalue weighted by Crippen LogP contribution is 2.07. The van der Waals surface area contributed by atoms with Crippen molar-refractivity contribution in [1.82, 2.24) is 9.21 Å². The zero-order chi connectivity index (χ0) is 16.2. The minimum atomic E-state index is -3.25. The predicted octanol–water partition coefficient (Wildman–Crippen LogP) is 0.373. The minimum Gasteiger partial charge on any atom is -0.333 e. The molecule has 118 valence electrons. The van der Waals surface area contributed by atoms with Crippen LogP contribution < -0.4 is 0 Å². The summed E-state index contributed by atoms with van der Waals surface area (Å²) < 4.78 is 24.1. The van der Waals surface area contributed by atoms with Crippen molar-refractivity contribution < 1.29 is 18.0 Å². The van der Waals surface area contributed by atoms with Gasteiger partial charge in [0, 0.05) is 26.2 Å². The Kier molecular flexibility index (Phi) is 5.10. The fourth-order valence-corrected chi connectivity index (χ4v) is 3.01. The van der Waals surface area contributed by atoms with E-state index in [1.54, 1.807) is 6.08 Å². The van der Waals surface area contributed by atoms with Crippen LogP contribution in [0.2, 0.25) is 0 Å². The first-order chi connectivity index (χ1) is 10.4. The number of benzene rings is 1. The van der Waals surface area contributed by atoms with Crippen LogP contribution in [0.3, 0.4) is 0 Å². The van der Waals surface area contributed by atoms with Crippen molar-refractivity contribution in [3.63, 3.8) is 0 Å². The largest absolute Gasteiger partial charge is 0.333 e. The van der Waals surface area contributed by atoms with Crippen LogP contribution >= 0.6 is 0 Å². The lowest BCUT2D eigenvalue weighted by molar-refractivity contribution is -0.143. The number of piperazine rings is 1. The lowest BCUT2D eigenvalue weighted by Gasteiger charge is -2.32. The maximum absolute atomic E-state index is 12.0. The molecule has 0 N–H and O–H groups in total.